The van der Waals surface area contributed by atoms with Gasteiger partial charge in [-0.15, -0.1) is 0 Å². The maximum Gasteiger partial charge on any atom is 0.237 e. The van der Waals surface area contributed by atoms with Crippen LogP contribution in [0.4, 0.5) is 0 Å². The summed E-state index contributed by atoms with van der Waals surface area (Å²) < 4.78 is 5.15. The van der Waals surface area contributed by atoms with E-state index in [1.807, 2.05) is 18.2 Å². The van der Waals surface area contributed by atoms with Crippen molar-refractivity contribution in [3.05, 3.63) is 30.3 Å². The molecule has 0 bridgehead atoms. The van der Waals surface area contributed by atoms with Crippen LogP contribution in [-0.2, 0) is 5.75 Å². The number of nitrogens with two attached hydrogens (primary N) is 1. The molecule has 2 heterocycles. The van der Waals surface area contributed by atoms with Crippen LogP contribution >= 0.6 is 11.8 Å². The average Bonchev–Trinajstić information content (AvgIpc) is 2.85. The van der Waals surface area contributed by atoms with Crippen molar-refractivity contribution in [2.75, 3.05) is 12.3 Å². The molecule has 0 atom stereocenters. The number of pyridine rings is 1. The van der Waals surface area contributed by atoms with Crippen molar-refractivity contribution < 1.29 is 4.52 Å². The van der Waals surface area contributed by atoms with Gasteiger partial charge in [-0.05, 0) is 30.9 Å². The Bertz CT molecular complexity index is 446. The van der Waals surface area contributed by atoms with Crippen LogP contribution in [-0.4, -0.2) is 27.4 Å². The second-order valence-corrected chi connectivity index (χ2v) is 4.53. The Morgan fingerprint density at radius 1 is 1.35 bits per heavy atom. The molecule has 2 aromatic heterocycles. The predicted octanol–water partition coefficient (Wildman–Crippen LogP) is 1.71. The van der Waals surface area contributed by atoms with Crippen molar-refractivity contribution in [3.8, 4) is 11.5 Å². The van der Waals surface area contributed by atoms with Gasteiger partial charge in [-0.3, -0.25) is 4.98 Å². The summed E-state index contributed by atoms with van der Waals surface area (Å²) in [5.41, 5.74) is 6.15. The number of thioether (sulfide) groups is 1. The van der Waals surface area contributed by atoms with Crippen LogP contribution in [0.25, 0.3) is 11.5 Å². The summed E-state index contributed by atoms with van der Waals surface area (Å²) in [6, 6.07) is 5.61. The molecule has 0 aliphatic heterocycles. The minimum Gasteiger partial charge on any atom is -0.338 e. The van der Waals surface area contributed by atoms with E-state index < -0.39 is 0 Å². The smallest absolute Gasteiger partial charge is 0.237 e. The summed E-state index contributed by atoms with van der Waals surface area (Å²) in [5.74, 6) is 2.91. The quantitative estimate of drug-likeness (QED) is 0.786. The van der Waals surface area contributed by atoms with Gasteiger partial charge in [0.15, 0.2) is 0 Å². The number of hydrogen-bond acceptors (Lipinski definition) is 6. The van der Waals surface area contributed by atoms with Crippen molar-refractivity contribution in [1.82, 2.24) is 15.1 Å². The third-order valence-electron chi connectivity index (χ3n) is 2.08. The highest BCUT2D eigenvalue weighted by Crippen LogP contribution is 2.15. The monoisotopic (exact) mass is 250 g/mol. The van der Waals surface area contributed by atoms with Crippen molar-refractivity contribution in [1.29, 1.82) is 0 Å². The molecular weight excluding hydrogens is 236 g/mol. The zero-order valence-corrected chi connectivity index (χ0v) is 10.2. The Kier molecular flexibility index (Phi) is 4.52. The molecule has 0 fully saturated rings. The van der Waals surface area contributed by atoms with Gasteiger partial charge in [0.25, 0.3) is 0 Å². The van der Waals surface area contributed by atoms with Crippen LogP contribution in [0, 0.1) is 0 Å². The van der Waals surface area contributed by atoms with E-state index in [1.165, 1.54) is 0 Å². The highest BCUT2D eigenvalue weighted by Gasteiger charge is 2.08. The van der Waals surface area contributed by atoms with Gasteiger partial charge in [0.05, 0.1) is 5.75 Å². The van der Waals surface area contributed by atoms with E-state index in [4.69, 9.17) is 10.3 Å². The average molecular weight is 250 g/mol. The lowest BCUT2D eigenvalue weighted by atomic mass is 10.3. The Labute approximate surface area is 104 Å². The third kappa shape index (κ3) is 3.54. The minimum absolute atomic E-state index is 0.542. The SMILES string of the molecule is NCCCSCc1nc(-c2ccccn2)no1. The van der Waals surface area contributed by atoms with Gasteiger partial charge in [0.2, 0.25) is 11.7 Å². The molecule has 2 aromatic rings. The van der Waals surface area contributed by atoms with E-state index in [0.717, 1.165) is 30.2 Å². The zero-order chi connectivity index (χ0) is 11.9. The Balaban J connectivity index is 1.92. The van der Waals surface area contributed by atoms with Crippen LogP contribution in [0.1, 0.15) is 12.3 Å². The fourth-order valence-electron chi connectivity index (χ4n) is 1.26. The van der Waals surface area contributed by atoms with Crippen molar-refractivity contribution in [3.63, 3.8) is 0 Å². The van der Waals surface area contributed by atoms with Gasteiger partial charge in [-0.1, -0.05) is 11.2 Å². The van der Waals surface area contributed by atoms with Crippen LogP contribution in [0.3, 0.4) is 0 Å². The lowest BCUT2D eigenvalue weighted by molar-refractivity contribution is 0.391. The number of nitrogens with zero attached hydrogens (tertiary/aromatic N) is 3. The second-order valence-electron chi connectivity index (χ2n) is 3.42. The van der Waals surface area contributed by atoms with E-state index in [2.05, 4.69) is 15.1 Å². The standard InChI is InChI=1S/C11H14N4OS/c12-5-3-7-17-8-10-14-11(15-16-10)9-4-1-2-6-13-9/h1-2,4,6H,3,5,7-8,12H2. The van der Waals surface area contributed by atoms with Crippen LogP contribution in [0.2, 0.25) is 0 Å². The van der Waals surface area contributed by atoms with Crippen LogP contribution in [0.5, 0.6) is 0 Å². The molecule has 0 aliphatic rings. The Hall–Kier alpha value is -1.40. The van der Waals surface area contributed by atoms with Gasteiger partial charge in [0, 0.05) is 6.20 Å². The first-order valence-corrected chi connectivity index (χ1v) is 6.57. The maximum absolute atomic E-state index is 5.42. The fourth-order valence-corrected chi connectivity index (χ4v) is 2.06. The lowest BCUT2D eigenvalue weighted by Crippen LogP contribution is -1.99. The van der Waals surface area contributed by atoms with Crippen molar-refractivity contribution >= 4 is 11.8 Å². The van der Waals surface area contributed by atoms with Gasteiger partial charge < -0.3 is 10.3 Å². The zero-order valence-electron chi connectivity index (χ0n) is 9.37. The molecule has 0 spiro atoms. The van der Waals surface area contributed by atoms with Gasteiger partial charge in [0.1, 0.15) is 5.69 Å². The molecule has 0 unspecified atom stereocenters. The maximum atomic E-state index is 5.42. The summed E-state index contributed by atoms with van der Waals surface area (Å²) in [7, 11) is 0. The summed E-state index contributed by atoms with van der Waals surface area (Å²) >= 11 is 1.74. The Morgan fingerprint density at radius 3 is 3.06 bits per heavy atom. The molecule has 0 aromatic carbocycles. The molecule has 5 nitrogen and oxygen atoms in total. The highest BCUT2D eigenvalue weighted by atomic mass is 32.2. The number of hydrogen-bond donors (Lipinski definition) is 1. The van der Waals surface area contributed by atoms with E-state index in [9.17, 15) is 0 Å². The first kappa shape index (κ1) is 12.1. The van der Waals surface area contributed by atoms with Crippen molar-refractivity contribution in [2.45, 2.75) is 12.2 Å². The summed E-state index contributed by atoms with van der Waals surface area (Å²) in [6.45, 7) is 0.718. The first-order chi connectivity index (χ1) is 8.40. The summed E-state index contributed by atoms with van der Waals surface area (Å²) in [5, 5.41) is 3.90. The molecule has 17 heavy (non-hydrogen) atoms. The number of rotatable bonds is 6. The topological polar surface area (TPSA) is 77.8 Å². The minimum atomic E-state index is 0.542. The fraction of sp³-hybridized carbons (Fsp3) is 0.364. The van der Waals surface area contributed by atoms with E-state index in [0.29, 0.717) is 11.7 Å². The van der Waals surface area contributed by atoms with E-state index in [1.54, 1.807) is 18.0 Å². The lowest BCUT2D eigenvalue weighted by Gasteiger charge is -1.94. The van der Waals surface area contributed by atoms with Crippen molar-refractivity contribution in [2.24, 2.45) is 5.73 Å². The first-order valence-electron chi connectivity index (χ1n) is 5.42. The molecule has 0 saturated heterocycles. The van der Waals surface area contributed by atoms with E-state index >= 15 is 0 Å². The summed E-state index contributed by atoms with van der Waals surface area (Å²) in [6.07, 6.45) is 2.72. The van der Waals surface area contributed by atoms with Crippen LogP contribution < -0.4 is 5.73 Å². The molecule has 0 radical (unpaired) electrons. The summed E-state index contributed by atoms with van der Waals surface area (Å²) in [4.78, 5) is 8.45. The molecule has 90 valence electrons. The van der Waals surface area contributed by atoms with Crippen LogP contribution in [0.15, 0.2) is 28.9 Å². The number of aromatic nitrogens is 3. The Morgan fingerprint density at radius 2 is 2.29 bits per heavy atom. The third-order valence-corrected chi connectivity index (χ3v) is 3.11. The molecule has 2 rings (SSSR count). The predicted molar refractivity (Wildman–Crippen MR) is 67.4 cm³/mol. The molecular formula is C11H14N4OS. The van der Waals surface area contributed by atoms with Gasteiger partial charge in [-0.2, -0.15) is 16.7 Å². The molecule has 2 N–H and O–H groups in total. The molecule has 0 aliphatic carbocycles. The van der Waals surface area contributed by atoms with Gasteiger partial charge in [-0.25, -0.2) is 0 Å². The largest absolute Gasteiger partial charge is 0.338 e. The van der Waals surface area contributed by atoms with Gasteiger partial charge >= 0.3 is 0 Å². The molecule has 6 heteroatoms. The molecule has 0 saturated carbocycles. The molecule has 0 amide bonds. The van der Waals surface area contributed by atoms with E-state index in [-0.39, 0.29) is 0 Å². The second kappa shape index (κ2) is 6.36. The highest BCUT2D eigenvalue weighted by molar-refractivity contribution is 7.98. The normalized spacial score (nSPS) is 10.6.